The van der Waals surface area contributed by atoms with Crippen LogP contribution in [0.5, 0.6) is 5.75 Å². The van der Waals surface area contributed by atoms with E-state index in [0.717, 1.165) is 21.6 Å². The SMILES string of the molecule is COc1ccc(Br)c(Nc2ccccc2)c1. The molecular formula is C13H12BrNO. The molecule has 0 aromatic heterocycles. The average molecular weight is 278 g/mol. The summed E-state index contributed by atoms with van der Waals surface area (Å²) >= 11 is 3.50. The third kappa shape index (κ3) is 2.55. The number of ether oxygens (including phenoxy) is 1. The second-order valence-electron chi connectivity index (χ2n) is 3.34. The van der Waals surface area contributed by atoms with Crippen molar-refractivity contribution < 1.29 is 4.74 Å². The standard InChI is InChI=1S/C13H12BrNO/c1-16-11-7-8-12(14)13(9-11)15-10-5-3-2-4-6-10/h2-9,15H,1H3. The van der Waals surface area contributed by atoms with Gasteiger partial charge in [-0.15, -0.1) is 0 Å². The summed E-state index contributed by atoms with van der Waals surface area (Å²) in [5.74, 6) is 0.835. The number of hydrogen-bond acceptors (Lipinski definition) is 2. The van der Waals surface area contributed by atoms with Crippen molar-refractivity contribution in [2.24, 2.45) is 0 Å². The van der Waals surface area contributed by atoms with E-state index in [9.17, 15) is 0 Å². The fourth-order valence-corrected chi connectivity index (χ4v) is 1.75. The molecule has 0 saturated heterocycles. The molecule has 0 heterocycles. The molecule has 0 atom stereocenters. The molecule has 3 heteroatoms. The van der Waals surface area contributed by atoms with E-state index in [1.165, 1.54) is 0 Å². The van der Waals surface area contributed by atoms with Gasteiger partial charge in [-0.25, -0.2) is 0 Å². The minimum absolute atomic E-state index is 0.835. The zero-order valence-electron chi connectivity index (χ0n) is 8.91. The average Bonchev–Trinajstić information content (AvgIpc) is 2.33. The van der Waals surface area contributed by atoms with Crippen molar-refractivity contribution >= 4 is 27.3 Å². The monoisotopic (exact) mass is 277 g/mol. The highest BCUT2D eigenvalue weighted by Crippen LogP contribution is 2.29. The summed E-state index contributed by atoms with van der Waals surface area (Å²) in [5.41, 5.74) is 2.04. The molecule has 1 N–H and O–H groups in total. The largest absolute Gasteiger partial charge is 0.497 e. The van der Waals surface area contributed by atoms with Crippen LogP contribution in [-0.4, -0.2) is 7.11 Å². The fraction of sp³-hybridized carbons (Fsp3) is 0.0769. The number of anilines is 2. The maximum atomic E-state index is 5.19. The quantitative estimate of drug-likeness (QED) is 0.908. The van der Waals surface area contributed by atoms with Crippen molar-refractivity contribution in [3.05, 3.63) is 53.0 Å². The third-order valence-corrected chi connectivity index (χ3v) is 2.92. The summed E-state index contributed by atoms with van der Waals surface area (Å²) in [6.45, 7) is 0. The second-order valence-corrected chi connectivity index (χ2v) is 4.19. The smallest absolute Gasteiger partial charge is 0.121 e. The Kier molecular flexibility index (Phi) is 3.47. The molecule has 0 aliphatic heterocycles. The summed E-state index contributed by atoms with van der Waals surface area (Å²) < 4.78 is 6.20. The summed E-state index contributed by atoms with van der Waals surface area (Å²) in [6, 6.07) is 15.9. The summed E-state index contributed by atoms with van der Waals surface area (Å²) in [5, 5.41) is 3.32. The molecule has 0 saturated carbocycles. The van der Waals surface area contributed by atoms with Crippen LogP contribution < -0.4 is 10.1 Å². The fourth-order valence-electron chi connectivity index (χ4n) is 1.40. The first-order chi connectivity index (χ1) is 7.79. The van der Waals surface area contributed by atoms with Crippen LogP contribution in [0.3, 0.4) is 0 Å². The number of para-hydroxylation sites is 1. The first-order valence-corrected chi connectivity index (χ1v) is 5.74. The number of methoxy groups -OCH3 is 1. The normalized spacial score (nSPS) is 9.88. The molecular weight excluding hydrogens is 266 g/mol. The van der Waals surface area contributed by atoms with E-state index in [0.29, 0.717) is 0 Å². The Bertz CT molecular complexity index is 471. The number of benzene rings is 2. The van der Waals surface area contributed by atoms with Crippen molar-refractivity contribution in [1.29, 1.82) is 0 Å². The van der Waals surface area contributed by atoms with Gasteiger partial charge in [0.05, 0.1) is 12.8 Å². The van der Waals surface area contributed by atoms with Crippen LogP contribution in [0.4, 0.5) is 11.4 Å². The molecule has 0 aliphatic rings. The van der Waals surface area contributed by atoms with Gasteiger partial charge in [-0.2, -0.15) is 0 Å². The van der Waals surface area contributed by atoms with E-state index in [1.807, 2.05) is 48.5 Å². The molecule has 0 bridgehead atoms. The zero-order valence-corrected chi connectivity index (χ0v) is 10.5. The molecule has 0 spiro atoms. The first kappa shape index (κ1) is 11.0. The second kappa shape index (κ2) is 5.03. The number of halogens is 1. The highest BCUT2D eigenvalue weighted by atomic mass is 79.9. The van der Waals surface area contributed by atoms with Crippen molar-refractivity contribution in [3.63, 3.8) is 0 Å². The molecule has 0 radical (unpaired) electrons. The van der Waals surface area contributed by atoms with E-state index in [-0.39, 0.29) is 0 Å². The predicted octanol–water partition coefficient (Wildman–Crippen LogP) is 4.20. The molecule has 2 aromatic rings. The van der Waals surface area contributed by atoms with Gasteiger partial charge >= 0.3 is 0 Å². The van der Waals surface area contributed by atoms with Gasteiger partial charge in [0.15, 0.2) is 0 Å². The van der Waals surface area contributed by atoms with Gasteiger partial charge in [-0.05, 0) is 40.2 Å². The number of rotatable bonds is 3. The predicted molar refractivity (Wildman–Crippen MR) is 70.4 cm³/mol. The maximum Gasteiger partial charge on any atom is 0.121 e. The topological polar surface area (TPSA) is 21.3 Å². The minimum Gasteiger partial charge on any atom is -0.497 e. The van der Waals surface area contributed by atoms with Gasteiger partial charge < -0.3 is 10.1 Å². The van der Waals surface area contributed by atoms with Crippen LogP contribution in [0, 0.1) is 0 Å². The Morgan fingerprint density at radius 1 is 1.06 bits per heavy atom. The highest BCUT2D eigenvalue weighted by Gasteiger charge is 2.01. The minimum atomic E-state index is 0.835. The Hall–Kier alpha value is -1.48. The van der Waals surface area contributed by atoms with Crippen molar-refractivity contribution in [3.8, 4) is 5.75 Å². The van der Waals surface area contributed by atoms with Crippen LogP contribution in [-0.2, 0) is 0 Å². The van der Waals surface area contributed by atoms with Gasteiger partial charge in [0.25, 0.3) is 0 Å². The molecule has 0 amide bonds. The van der Waals surface area contributed by atoms with E-state index in [4.69, 9.17) is 4.74 Å². The van der Waals surface area contributed by atoms with Gasteiger partial charge in [-0.1, -0.05) is 18.2 Å². The van der Waals surface area contributed by atoms with Crippen molar-refractivity contribution in [2.75, 3.05) is 12.4 Å². The molecule has 0 aliphatic carbocycles. The van der Waals surface area contributed by atoms with Crippen molar-refractivity contribution in [1.82, 2.24) is 0 Å². The van der Waals surface area contributed by atoms with Gasteiger partial charge in [0.2, 0.25) is 0 Å². The van der Waals surface area contributed by atoms with E-state index < -0.39 is 0 Å². The highest BCUT2D eigenvalue weighted by molar-refractivity contribution is 9.10. The van der Waals surface area contributed by atoms with Crippen LogP contribution in [0.25, 0.3) is 0 Å². The summed E-state index contributed by atoms with van der Waals surface area (Å²) in [7, 11) is 1.66. The van der Waals surface area contributed by atoms with Crippen LogP contribution in [0.1, 0.15) is 0 Å². The van der Waals surface area contributed by atoms with Crippen molar-refractivity contribution in [2.45, 2.75) is 0 Å². The zero-order chi connectivity index (χ0) is 11.4. The summed E-state index contributed by atoms with van der Waals surface area (Å²) in [4.78, 5) is 0. The van der Waals surface area contributed by atoms with E-state index in [2.05, 4.69) is 21.2 Å². The van der Waals surface area contributed by atoms with E-state index in [1.54, 1.807) is 7.11 Å². The lowest BCUT2D eigenvalue weighted by Crippen LogP contribution is -1.92. The lowest BCUT2D eigenvalue weighted by atomic mass is 10.2. The Morgan fingerprint density at radius 3 is 2.50 bits per heavy atom. The Balaban J connectivity index is 2.27. The molecule has 82 valence electrons. The molecule has 0 unspecified atom stereocenters. The number of hydrogen-bond donors (Lipinski definition) is 1. The third-order valence-electron chi connectivity index (χ3n) is 2.23. The van der Waals surface area contributed by atoms with Crippen LogP contribution >= 0.6 is 15.9 Å². The van der Waals surface area contributed by atoms with Crippen LogP contribution in [0.2, 0.25) is 0 Å². The van der Waals surface area contributed by atoms with Crippen LogP contribution in [0.15, 0.2) is 53.0 Å². The van der Waals surface area contributed by atoms with E-state index >= 15 is 0 Å². The lowest BCUT2D eigenvalue weighted by Gasteiger charge is -2.10. The molecule has 0 fully saturated rings. The number of nitrogens with one attached hydrogen (secondary N) is 1. The Morgan fingerprint density at radius 2 is 1.81 bits per heavy atom. The molecule has 2 rings (SSSR count). The first-order valence-electron chi connectivity index (χ1n) is 4.95. The molecule has 2 nitrogen and oxygen atoms in total. The lowest BCUT2D eigenvalue weighted by molar-refractivity contribution is 0.415. The Labute approximate surface area is 103 Å². The van der Waals surface area contributed by atoms with Gasteiger partial charge in [0.1, 0.15) is 5.75 Å². The summed E-state index contributed by atoms with van der Waals surface area (Å²) in [6.07, 6.45) is 0. The molecule has 16 heavy (non-hydrogen) atoms. The van der Waals surface area contributed by atoms with Gasteiger partial charge in [-0.3, -0.25) is 0 Å². The van der Waals surface area contributed by atoms with Gasteiger partial charge in [0, 0.05) is 16.2 Å². The maximum absolute atomic E-state index is 5.19. The molecule has 2 aromatic carbocycles.